The molecule has 2 aliphatic heterocycles. The van der Waals surface area contributed by atoms with Crippen molar-refractivity contribution >= 4 is 17.1 Å². The predicted octanol–water partition coefficient (Wildman–Crippen LogP) is 3.36. The number of nitrogens with one attached hydrogen (secondary N) is 1. The minimum atomic E-state index is -0.367. The van der Waals surface area contributed by atoms with Gasteiger partial charge in [-0.05, 0) is 41.5 Å². The van der Waals surface area contributed by atoms with E-state index < -0.39 is 0 Å². The third-order valence-corrected chi connectivity index (χ3v) is 6.84. The number of nitro benzene ring substituents is 1. The Morgan fingerprint density at radius 2 is 1.81 bits per heavy atom. The zero-order chi connectivity index (χ0) is 21.4. The molecular weight excluding hydrogens is 399 g/mol. The fourth-order valence-electron chi connectivity index (χ4n) is 5.06. The second-order valence-corrected chi connectivity index (χ2v) is 8.76. The van der Waals surface area contributed by atoms with Crippen LogP contribution >= 0.6 is 0 Å². The smallest absolute Gasteiger partial charge is 0.269 e. The molecule has 2 saturated heterocycles. The number of fused-ring (bicyclic) bond motifs is 1. The second kappa shape index (κ2) is 8.43. The van der Waals surface area contributed by atoms with Crippen LogP contribution in [0.3, 0.4) is 0 Å². The van der Waals surface area contributed by atoms with Crippen LogP contribution in [0.1, 0.15) is 5.56 Å². The normalized spacial score (nSPS) is 25.3. The van der Waals surface area contributed by atoms with E-state index in [9.17, 15) is 14.5 Å². The monoisotopic (exact) mass is 426 g/mol. The summed E-state index contributed by atoms with van der Waals surface area (Å²) in [7, 11) is 0. The molecule has 2 aromatic carbocycles. The molecule has 1 saturated carbocycles. The van der Waals surface area contributed by atoms with E-state index in [0.29, 0.717) is 36.7 Å². The van der Waals surface area contributed by atoms with Gasteiger partial charge in [0.2, 0.25) is 0 Å². The van der Waals surface area contributed by atoms with Gasteiger partial charge in [-0.15, -0.1) is 0 Å². The van der Waals surface area contributed by atoms with Crippen molar-refractivity contribution in [3.63, 3.8) is 0 Å². The summed E-state index contributed by atoms with van der Waals surface area (Å²) in [6.07, 6.45) is 0. The summed E-state index contributed by atoms with van der Waals surface area (Å²) < 4.78 is 19.9. The minimum Gasteiger partial charge on any atom is -0.385 e. The molecular formula is C23H27FN4O3. The molecule has 7 nitrogen and oxygen atoms in total. The van der Waals surface area contributed by atoms with Gasteiger partial charge in [-0.1, -0.05) is 12.1 Å². The standard InChI is InChI=1S/C23H27FN4O3/c24-22-11-17(3-6-23(22)27-7-9-31-10-8-27)25-12-19-20-14-26(15-21(19)20)13-16-1-4-18(5-2-16)28(29)30/h1-6,11,19-21,25H,7-10,12-15H2. The first kappa shape index (κ1) is 20.2. The fraction of sp³-hybridized carbons (Fsp3) is 0.478. The summed E-state index contributed by atoms with van der Waals surface area (Å²) >= 11 is 0. The number of morpholine rings is 1. The second-order valence-electron chi connectivity index (χ2n) is 8.76. The number of halogens is 1. The Bertz CT molecular complexity index is 936. The molecule has 0 spiro atoms. The molecule has 31 heavy (non-hydrogen) atoms. The van der Waals surface area contributed by atoms with Gasteiger partial charge < -0.3 is 15.0 Å². The van der Waals surface area contributed by atoms with E-state index >= 15 is 0 Å². The van der Waals surface area contributed by atoms with E-state index in [0.717, 1.165) is 50.5 Å². The zero-order valence-electron chi connectivity index (χ0n) is 17.4. The van der Waals surface area contributed by atoms with E-state index in [1.54, 1.807) is 18.2 Å². The predicted molar refractivity (Wildman–Crippen MR) is 117 cm³/mol. The molecule has 0 radical (unpaired) electrons. The van der Waals surface area contributed by atoms with Crippen LogP contribution in [0.4, 0.5) is 21.5 Å². The van der Waals surface area contributed by atoms with Crippen molar-refractivity contribution in [2.24, 2.45) is 17.8 Å². The molecule has 2 aromatic rings. The molecule has 0 amide bonds. The lowest BCUT2D eigenvalue weighted by Gasteiger charge is -2.29. The summed E-state index contributed by atoms with van der Waals surface area (Å²) in [6.45, 7) is 6.56. The highest BCUT2D eigenvalue weighted by atomic mass is 19.1. The highest BCUT2D eigenvalue weighted by Gasteiger charge is 2.54. The van der Waals surface area contributed by atoms with Gasteiger partial charge in [0.25, 0.3) is 5.69 Å². The van der Waals surface area contributed by atoms with Gasteiger partial charge in [-0.25, -0.2) is 4.39 Å². The summed E-state index contributed by atoms with van der Waals surface area (Å²) in [4.78, 5) is 14.9. The van der Waals surface area contributed by atoms with Crippen LogP contribution in [-0.4, -0.2) is 55.8 Å². The van der Waals surface area contributed by atoms with Gasteiger partial charge in [0.15, 0.2) is 0 Å². The number of nitro groups is 1. The van der Waals surface area contributed by atoms with Crippen molar-refractivity contribution in [3.05, 3.63) is 64.0 Å². The molecule has 164 valence electrons. The average Bonchev–Trinajstić information content (AvgIpc) is 3.24. The molecule has 1 N–H and O–H groups in total. The van der Waals surface area contributed by atoms with E-state index in [-0.39, 0.29) is 16.4 Å². The molecule has 0 bridgehead atoms. The Labute approximate surface area is 180 Å². The lowest BCUT2D eigenvalue weighted by atomic mass is 10.1. The number of hydrogen-bond donors (Lipinski definition) is 1. The van der Waals surface area contributed by atoms with E-state index in [4.69, 9.17) is 4.74 Å². The summed E-state index contributed by atoms with van der Waals surface area (Å²) in [6, 6.07) is 12.3. The zero-order valence-corrected chi connectivity index (χ0v) is 17.4. The highest BCUT2D eigenvalue weighted by molar-refractivity contribution is 5.56. The maximum Gasteiger partial charge on any atom is 0.269 e. The number of rotatable bonds is 7. The van der Waals surface area contributed by atoms with Crippen molar-refractivity contribution in [3.8, 4) is 0 Å². The molecule has 0 aromatic heterocycles. The van der Waals surface area contributed by atoms with Crippen LogP contribution in [0.5, 0.6) is 0 Å². The maximum absolute atomic E-state index is 14.6. The average molecular weight is 426 g/mol. The van der Waals surface area contributed by atoms with Crippen LogP contribution in [0.2, 0.25) is 0 Å². The first-order valence-corrected chi connectivity index (χ1v) is 10.9. The van der Waals surface area contributed by atoms with Crippen molar-refractivity contribution in [2.75, 3.05) is 56.2 Å². The molecule has 2 atom stereocenters. The van der Waals surface area contributed by atoms with E-state index in [1.807, 2.05) is 29.2 Å². The first-order chi connectivity index (χ1) is 15.1. The van der Waals surface area contributed by atoms with Gasteiger partial charge in [0.1, 0.15) is 5.82 Å². The Morgan fingerprint density at radius 1 is 1.10 bits per heavy atom. The van der Waals surface area contributed by atoms with Crippen LogP contribution in [0.25, 0.3) is 0 Å². The molecule has 5 rings (SSSR count). The van der Waals surface area contributed by atoms with Gasteiger partial charge in [0, 0.05) is 57.1 Å². The largest absolute Gasteiger partial charge is 0.385 e. The van der Waals surface area contributed by atoms with Crippen molar-refractivity contribution < 1.29 is 14.1 Å². The van der Waals surface area contributed by atoms with Crippen LogP contribution in [-0.2, 0) is 11.3 Å². The summed E-state index contributed by atoms with van der Waals surface area (Å²) in [5.74, 6) is 1.82. The SMILES string of the molecule is O=[N+]([O-])c1ccc(CN2CC3C(CNc4ccc(N5CCOCC5)c(F)c4)C3C2)cc1. The third kappa shape index (κ3) is 4.36. The van der Waals surface area contributed by atoms with Gasteiger partial charge in [-0.3, -0.25) is 15.0 Å². The molecule has 1 aliphatic carbocycles. The number of non-ortho nitro benzene ring substituents is 1. The topological polar surface area (TPSA) is 70.9 Å². The Kier molecular flexibility index (Phi) is 5.50. The minimum absolute atomic E-state index is 0.133. The van der Waals surface area contributed by atoms with Crippen LogP contribution in [0, 0.1) is 33.7 Å². The van der Waals surface area contributed by atoms with Crippen LogP contribution < -0.4 is 10.2 Å². The third-order valence-electron chi connectivity index (χ3n) is 6.84. The maximum atomic E-state index is 14.6. The van der Waals surface area contributed by atoms with E-state index in [1.165, 1.54) is 0 Å². The number of likely N-dealkylation sites (tertiary alicyclic amines) is 1. The number of anilines is 2. The lowest BCUT2D eigenvalue weighted by Crippen LogP contribution is -2.36. The summed E-state index contributed by atoms with van der Waals surface area (Å²) in [5, 5.41) is 14.2. The number of benzene rings is 2. The quantitative estimate of drug-likeness (QED) is 0.541. The van der Waals surface area contributed by atoms with Crippen molar-refractivity contribution in [1.29, 1.82) is 0 Å². The van der Waals surface area contributed by atoms with Gasteiger partial charge >= 0.3 is 0 Å². The Hall–Kier alpha value is -2.71. The van der Waals surface area contributed by atoms with Crippen molar-refractivity contribution in [1.82, 2.24) is 4.90 Å². The molecule has 3 aliphatic rings. The van der Waals surface area contributed by atoms with E-state index in [2.05, 4.69) is 10.2 Å². The number of piperidine rings is 1. The number of hydrogen-bond acceptors (Lipinski definition) is 6. The molecule has 8 heteroatoms. The van der Waals surface area contributed by atoms with Gasteiger partial charge in [-0.2, -0.15) is 0 Å². The van der Waals surface area contributed by atoms with Gasteiger partial charge in [0.05, 0.1) is 23.8 Å². The highest BCUT2D eigenvalue weighted by Crippen LogP contribution is 2.51. The number of nitrogens with zero attached hydrogens (tertiary/aromatic N) is 3. The van der Waals surface area contributed by atoms with Crippen molar-refractivity contribution in [2.45, 2.75) is 6.54 Å². The number of ether oxygens (including phenoxy) is 1. The Morgan fingerprint density at radius 3 is 2.45 bits per heavy atom. The summed E-state index contributed by atoms with van der Waals surface area (Å²) in [5.41, 5.74) is 2.73. The van der Waals surface area contributed by atoms with Crippen LogP contribution in [0.15, 0.2) is 42.5 Å². The lowest BCUT2D eigenvalue weighted by molar-refractivity contribution is -0.384. The molecule has 3 fully saturated rings. The Balaban J connectivity index is 1.08. The first-order valence-electron chi connectivity index (χ1n) is 10.9. The fourth-order valence-corrected chi connectivity index (χ4v) is 5.06. The molecule has 2 heterocycles. The molecule has 2 unspecified atom stereocenters.